The third kappa shape index (κ3) is 4.77. The molecule has 2 heterocycles. The zero-order chi connectivity index (χ0) is 23.6. The van der Waals surface area contributed by atoms with Gasteiger partial charge in [0.15, 0.2) is 16.6 Å². The van der Waals surface area contributed by atoms with Crippen LogP contribution in [0.1, 0.15) is 12.5 Å². The number of hydrogen-bond donors (Lipinski definition) is 1. The Morgan fingerprint density at radius 1 is 1.21 bits per heavy atom. The van der Waals surface area contributed by atoms with Gasteiger partial charge in [0.25, 0.3) is 5.91 Å². The highest BCUT2D eigenvalue weighted by atomic mass is 32.2. The summed E-state index contributed by atoms with van der Waals surface area (Å²) >= 11 is 1.29. The van der Waals surface area contributed by atoms with Gasteiger partial charge in [0, 0.05) is 30.6 Å². The number of hydrogen-bond acceptors (Lipinski definition) is 7. The van der Waals surface area contributed by atoms with Crippen molar-refractivity contribution in [2.24, 2.45) is 0 Å². The van der Waals surface area contributed by atoms with Crippen LogP contribution in [0.5, 0.6) is 11.5 Å². The summed E-state index contributed by atoms with van der Waals surface area (Å²) in [5, 5.41) is 5.05. The Morgan fingerprint density at radius 3 is 2.67 bits per heavy atom. The number of sulfonamides is 1. The lowest BCUT2D eigenvalue weighted by atomic mass is 10.1. The minimum absolute atomic E-state index is 0.128. The van der Waals surface area contributed by atoms with Gasteiger partial charge < -0.3 is 9.47 Å². The van der Waals surface area contributed by atoms with Gasteiger partial charge >= 0.3 is 0 Å². The summed E-state index contributed by atoms with van der Waals surface area (Å²) in [6, 6.07) is 12.0. The fourth-order valence-corrected chi connectivity index (χ4v) is 4.85. The molecule has 0 spiro atoms. The third-order valence-corrected chi connectivity index (χ3v) is 7.54. The average Bonchev–Trinajstić information content (AvgIpc) is 3.27. The van der Waals surface area contributed by atoms with Crippen molar-refractivity contribution in [1.82, 2.24) is 9.29 Å². The number of rotatable bonds is 7. The molecule has 1 aliphatic rings. The van der Waals surface area contributed by atoms with E-state index in [9.17, 15) is 13.2 Å². The average molecular weight is 486 g/mol. The first-order chi connectivity index (χ1) is 15.8. The van der Waals surface area contributed by atoms with Crippen LogP contribution in [0.4, 0.5) is 5.13 Å². The van der Waals surface area contributed by atoms with Gasteiger partial charge in [-0.25, -0.2) is 17.7 Å². The second-order valence-corrected chi connectivity index (χ2v) is 10.4. The number of benzene rings is 2. The van der Waals surface area contributed by atoms with E-state index in [2.05, 4.69) is 10.3 Å². The first-order valence-electron chi connectivity index (χ1n) is 10.2. The molecule has 2 aromatic carbocycles. The first kappa shape index (κ1) is 23.0. The molecule has 33 heavy (non-hydrogen) atoms. The summed E-state index contributed by atoms with van der Waals surface area (Å²) in [7, 11) is -0.518. The second-order valence-electron chi connectivity index (χ2n) is 7.37. The molecule has 3 aromatic rings. The van der Waals surface area contributed by atoms with Crippen molar-refractivity contribution in [3.05, 3.63) is 59.0 Å². The number of para-hydroxylation sites is 1. The molecule has 0 saturated heterocycles. The maximum absolute atomic E-state index is 12.8. The van der Waals surface area contributed by atoms with E-state index in [1.807, 2.05) is 25.1 Å². The Hall–Kier alpha value is -3.21. The largest absolute Gasteiger partial charge is 0.490 e. The predicted molar refractivity (Wildman–Crippen MR) is 128 cm³/mol. The molecule has 0 saturated carbocycles. The Kier molecular flexibility index (Phi) is 6.50. The molecule has 4 rings (SSSR count). The van der Waals surface area contributed by atoms with Crippen LogP contribution in [0.3, 0.4) is 0 Å². The lowest BCUT2D eigenvalue weighted by Gasteiger charge is -2.19. The molecule has 0 radical (unpaired) electrons. The van der Waals surface area contributed by atoms with E-state index >= 15 is 0 Å². The monoisotopic (exact) mass is 485 g/mol. The number of thiazole rings is 1. The number of anilines is 1. The number of aromatic nitrogens is 1. The number of fused-ring (bicyclic) bond motifs is 1. The maximum atomic E-state index is 12.8. The van der Waals surface area contributed by atoms with Crippen molar-refractivity contribution in [1.29, 1.82) is 0 Å². The van der Waals surface area contributed by atoms with Crippen molar-refractivity contribution in [3.63, 3.8) is 0 Å². The number of nitrogens with one attached hydrogen (secondary N) is 1. The van der Waals surface area contributed by atoms with Gasteiger partial charge in [-0.1, -0.05) is 24.3 Å². The van der Waals surface area contributed by atoms with Crippen molar-refractivity contribution in [3.8, 4) is 22.8 Å². The van der Waals surface area contributed by atoms with Gasteiger partial charge in [-0.05, 0) is 31.2 Å². The predicted octanol–water partition coefficient (Wildman–Crippen LogP) is 3.87. The number of carbonyl (C=O) groups excluding carboxylic acids is 1. The van der Waals surface area contributed by atoms with Crippen LogP contribution < -0.4 is 14.8 Å². The van der Waals surface area contributed by atoms with Crippen LogP contribution in [0.15, 0.2) is 58.3 Å². The topological polar surface area (TPSA) is 97.8 Å². The molecule has 1 N–H and O–H groups in total. The molecule has 1 aliphatic heterocycles. The molecule has 0 aliphatic carbocycles. The molecule has 10 heteroatoms. The standard InChI is InChI=1S/C23H23N3O5S2/c1-4-30-20-7-5-6-16-12-17(13-31-21(16)20)22(27)25-23-24-19(14-32-23)15-8-10-18(11-9-15)33(28,29)26(2)3/h5-12,14H,4,13H2,1-3H3,(H,24,25,27). The van der Waals surface area contributed by atoms with E-state index in [1.165, 1.54) is 25.4 Å². The fraction of sp³-hybridized carbons (Fsp3) is 0.217. The highest BCUT2D eigenvalue weighted by Crippen LogP contribution is 2.36. The summed E-state index contributed by atoms with van der Waals surface area (Å²) in [5.74, 6) is 0.989. The zero-order valence-corrected chi connectivity index (χ0v) is 20.0. The fourth-order valence-electron chi connectivity index (χ4n) is 3.23. The highest BCUT2D eigenvalue weighted by molar-refractivity contribution is 7.89. The van der Waals surface area contributed by atoms with Gasteiger partial charge in [-0.3, -0.25) is 10.1 Å². The van der Waals surface area contributed by atoms with Gasteiger partial charge in [-0.2, -0.15) is 0 Å². The zero-order valence-electron chi connectivity index (χ0n) is 18.4. The summed E-state index contributed by atoms with van der Waals surface area (Å²) in [5.41, 5.74) is 2.66. The van der Waals surface area contributed by atoms with E-state index in [0.717, 1.165) is 15.4 Å². The summed E-state index contributed by atoms with van der Waals surface area (Å²) in [4.78, 5) is 17.4. The van der Waals surface area contributed by atoms with Crippen molar-refractivity contribution >= 4 is 38.5 Å². The number of carbonyl (C=O) groups is 1. The summed E-state index contributed by atoms with van der Waals surface area (Å²) < 4.78 is 37.0. The molecule has 172 valence electrons. The van der Waals surface area contributed by atoms with Crippen LogP contribution >= 0.6 is 11.3 Å². The van der Waals surface area contributed by atoms with E-state index in [1.54, 1.807) is 35.7 Å². The lowest BCUT2D eigenvalue weighted by molar-refractivity contribution is -0.113. The third-order valence-electron chi connectivity index (χ3n) is 4.96. The van der Waals surface area contributed by atoms with Crippen LogP contribution in [0.25, 0.3) is 17.3 Å². The van der Waals surface area contributed by atoms with Crippen molar-refractivity contribution < 1.29 is 22.7 Å². The Morgan fingerprint density at radius 2 is 1.97 bits per heavy atom. The van der Waals surface area contributed by atoms with Crippen LogP contribution in [-0.2, 0) is 14.8 Å². The van der Waals surface area contributed by atoms with Crippen molar-refractivity contribution in [2.75, 3.05) is 32.6 Å². The van der Waals surface area contributed by atoms with Gasteiger partial charge in [-0.15, -0.1) is 11.3 Å². The van der Waals surface area contributed by atoms with E-state index in [0.29, 0.717) is 34.5 Å². The number of ether oxygens (including phenoxy) is 2. The molecular weight excluding hydrogens is 462 g/mol. The van der Waals surface area contributed by atoms with E-state index in [-0.39, 0.29) is 17.4 Å². The van der Waals surface area contributed by atoms with E-state index in [4.69, 9.17) is 9.47 Å². The molecule has 1 aromatic heterocycles. The number of nitrogens with zero attached hydrogens (tertiary/aromatic N) is 2. The molecule has 1 amide bonds. The number of amides is 1. The quantitative estimate of drug-likeness (QED) is 0.546. The van der Waals surface area contributed by atoms with Crippen LogP contribution in [0.2, 0.25) is 0 Å². The summed E-state index contributed by atoms with van der Waals surface area (Å²) in [6.07, 6.45) is 1.79. The maximum Gasteiger partial charge on any atom is 0.256 e. The smallest absolute Gasteiger partial charge is 0.256 e. The minimum Gasteiger partial charge on any atom is -0.490 e. The molecular formula is C23H23N3O5S2. The van der Waals surface area contributed by atoms with Gasteiger partial charge in [0.05, 0.1) is 22.8 Å². The Bertz CT molecular complexity index is 1310. The minimum atomic E-state index is -3.49. The molecule has 0 atom stereocenters. The Labute approximate surface area is 196 Å². The second kappa shape index (κ2) is 9.34. The first-order valence-corrected chi connectivity index (χ1v) is 12.5. The van der Waals surface area contributed by atoms with E-state index < -0.39 is 10.0 Å². The van der Waals surface area contributed by atoms with Crippen LogP contribution in [0, 0.1) is 0 Å². The highest BCUT2D eigenvalue weighted by Gasteiger charge is 2.21. The molecule has 0 unspecified atom stereocenters. The Balaban J connectivity index is 1.48. The molecule has 0 bridgehead atoms. The van der Waals surface area contributed by atoms with Gasteiger partial charge in [0.2, 0.25) is 10.0 Å². The SMILES string of the molecule is CCOc1cccc2c1OCC(C(=O)Nc1nc(-c3ccc(S(=O)(=O)N(C)C)cc3)cs1)=C2. The molecule has 8 nitrogen and oxygen atoms in total. The van der Waals surface area contributed by atoms with Crippen LogP contribution in [-0.4, -0.2) is 50.9 Å². The van der Waals surface area contributed by atoms with Crippen molar-refractivity contribution in [2.45, 2.75) is 11.8 Å². The van der Waals surface area contributed by atoms with Gasteiger partial charge in [0.1, 0.15) is 6.61 Å². The summed E-state index contributed by atoms with van der Waals surface area (Å²) in [6.45, 7) is 2.56. The lowest BCUT2D eigenvalue weighted by Crippen LogP contribution is -2.22. The molecule has 0 fully saturated rings. The normalized spacial score (nSPS) is 13.2.